The minimum atomic E-state index is 0.304. The van der Waals surface area contributed by atoms with Crippen LogP contribution in [0.4, 0.5) is 0 Å². The molecule has 0 fully saturated rings. The summed E-state index contributed by atoms with van der Waals surface area (Å²) in [5.74, 6) is 0.915. The molecule has 0 N–H and O–H groups in total. The lowest BCUT2D eigenvalue weighted by atomic mass is 9.94. The van der Waals surface area contributed by atoms with Crippen LogP contribution in [0.25, 0.3) is 82.6 Å². The van der Waals surface area contributed by atoms with Crippen molar-refractivity contribution < 1.29 is 4.79 Å². The number of para-hydroxylation sites is 3. The van der Waals surface area contributed by atoms with Crippen molar-refractivity contribution in [2.75, 3.05) is 0 Å². The fourth-order valence-electron chi connectivity index (χ4n) is 7.09. The van der Waals surface area contributed by atoms with Crippen molar-refractivity contribution in [3.05, 3.63) is 146 Å². The minimum absolute atomic E-state index is 0.304. The van der Waals surface area contributed by atoms with E-state index in [4.69, 9.17) is 4.98 Å². The Kier molecular flexibility index (Phi) is 5.69. The molecule has 0 amide bonds. The van der Waals surface area contributed by atoms with Crippen molar-refractivity contribution >= 4 is 60.7 Å². The van der Waals surface area contributed by atoms with Crippen LogP contribution in [-0.2, 0) is 11.3 Å². The lowest BCUT2D eigenvalue weighted by Crippen LogP contribution is -1.99. The second-order valence-corrected chi connectivity index (χ2v) is 11.5. The molecule has 2 heterocycles. The highest BCUT2D eigenvalue weighted by Crippen LogP contribution is 2.42. The number of aldehydes is 1. The van der Waals surface area contributed by atoms with Crippen LogP contribution in [0.1, 0.15) is 0 Å². The van der Waals surface area contributed by atoms with Crippen LogP contribution in [0, 0.1) is 0 Å². The molecule has 0 aliphatic rings. The van der Waals surface area contributed by atoms with Crippen LogP contribution in [0.2, 0.25) is 0 Å². The highest BCUT2D eigenvalue weighted by molar-refractivity contribution is 6.27. The van der Waals surface area contributed by atoms with Gasteiger partial charge in [-0.1, -0.05) is 109 Å². The average Bonchev–Trinajstić information content (AvgIpc) is 3.65. The first-order valence-corrected chi connectivity index (χ1v) is 15.2. The third kappa shape index (κ3) is 3.86. The lowest BCUT2D eigenvalue weighted by Gasteiger charge is -2.13. The Morgan fingerprint density at radius 3 is 2.09 bits per heavy atom. The van der Waals surface area contributed by atoms with Gasteiger partial charge in [0.1, 0.15) is 12.1 Å². The van der Waals surface area contributed by atoms with Gasteiger partial charge < -0.3 is 9.36 Å². The van der Waals surface area contributed by atoms with E-state index < -0.39 is 0 Å². The number of benzene rings is 7. The number of hydrogen-bond donors (Lipinski definition) is 0. The molecule has 9 aromatic rings. The summed E-state index contributed by atoms with van der Waals surface area (Å²) in [6.07, 6.45) is 0.998. The maximum absolute atomic E-state index is 11.9. The van der Waals surface area contributed by atoms with Crippen molar-refractivity contribution in [1.29, 1.82) is 0 Å². The summed E-state index contributed by atoms with van der Waals surface area (Å²) in [5, 5.41) is 7.03. The zero-order valence-corrected chi connectivity index (χ0v) is 24.4. The molecule has 7 aromatic carbocycles. The highest BCUT2D eigenvalue weighted by Gasteiger charge is 2.19. The van der Waals surface area contributed by atoms with Crippen molar-refractivity contribution in [3.63, 3.8) is 0 Å². The molecule has 212 valence electrons. The molecule has 0 saturated carbocycles. The molecule has 2 aromatic heterocycles. The fourth-order valence-corrected chi connectivity index (χ4v) is 7.09. The van der Waals surface area contributed by atoms with Gasteiger partial charge in [-0.3, -0.25) is 4.57 Å². The minimum Gasteiger partial charge on any atom is -0.333 e. The van der Waals surface area contributed by atoms with Crippen LogP contribution >= 0.6 is 0 Å². The third-order valence-electron chi connectivity index (χ3n) is 9.04. The zero-order chi connectivity index (χ0) is 29.9. The first kappa shape index (κ1) is 25.5. The number of carbonyl (C=O) groups excluding carboxylic acids is 1. The van der Waals surface area contributed by atoms with Crippen molar-refractivity contribution in [1.82, 2.24) is 14.1 Å². The van der Waals surface area contributed by atoms with Crippen LogP contribution in [-0.4, -0.2) is 20.4 Å². The number of aromatic nitrogens is 3. The lowest BCUT2D eigenvalue weighted by molar-refractivity contribution is -0.108. The van der Waals surface area contributed by atoms with E-state index >= 15 is 0 Å². The van der Waals surface area contributed by atoms with E-state index in [1.165, 1.54) is 21.7 Å². The van der Waals surface area contributed by atoms with E-state index in [2.05, 4.69) is 143 Å². The molecule has 0 aliphatic carbocycles. The molecule has 0 atom stereocenters. The zero-order valence-electron chi connectivity index (χ0n) is 24.4. The molecule has 45 heavy (non-hydrogen) atoms. The van der Waals surface area contributed by atoms with E-state index in [0.717, 1.165) is 67.2 Å². The molecule has 4 nitrogen and oxygen atoms in total. The van der Waals surface area contributed by atoms with Crippen LogP contribution < -0.4 is 0 Å². The number of rotatable bonds is 5. The highest BCUT2D eigenvalue weighted by atomic mass is 16.1. The van der Waals surface area contributed by atoms with E-state index in [9.17, 15) is 4.79 Å². The summed E-state index contributed by atoms with van der Waals surface area (Å²) in [4.78, 5) is 17.0. The van der Waals surface area contributed by atoms with Crippen molar-refractivity contribution in [2.45, 2.75) is 6.54 Å². The summed E-state index contributed by atoms with van der Waals surface area (Å²) in [5.41, 5.74) is 8.66. The summed E-state index contributed by atoms with van der Waals surface area (Å²) in [7, 11) is 0. The van der Waals surface area contributed by atoms with Gasteiger partial charge in [0.2, 0.25) is 0 Å². The largest absolute Gasteiger partial charge is 0.333 e. The summed E-state index contributed by atoms with van der Waals surface area (Å²) in [6.45, 7) is 0.304. The Balaban J connectivity index is 1.29. The van der Waals surface area contributed by atoms with Gasteiger partial charge >= 0.3 is 0 Å². The predicted molar refractivity (Wildman–Crippen MR) is 186 cm³/mol. The van der Waals surface area contributed by atoms with Crippen molar-refractivity contribution in [3.8, 4) is 28.2 Å². The van der Waals surface area contributed by atoms with Crippen LogP contribution in [0.15, 0.2) is 146 Å². The molecule has 0 saturated heterocycles. The molecule has 0 bridgehead atoms. The summed E-state index contributed by atoms with van der Waals surface area (Å²) in [6, 6.07) is 51.2. The second kappa shape index (κ2) is 10.0. The molecular weight excluding hydrogens is 550 g/mol. The smallest absolute Gasteiger partial charge is 0.145 e. The van der Waals surface area contributed by atoms with Gasteiger partial charge in [0.25, 0.3) is 0 Å². The Morgan fingerprint density at radius 2 is 1.27 bits per heavy atom. The molecule has 4 heteroatoms. The van der Waals surface area contributed by atoms with Crippen LogP contribution in [0.5, 0.6) is 0 Å². The third-order valence-corrected chi connectivity index (χ3v) is 9.04. The maximum Gasteiger partial charge on any atom is 0.145 e. The maximum atomic E-state index is 11.9. The molecule has 0 unspecified atom stereocenters. The molecule has 0 aliphatic heterocycles. The molecule has 0 radical (unpaired) electrons. The van der Waals surface area contributed by atoms with Gasteiger partial charge in [-0.2, -0.15) is 0 Å². The summed E-state index contributed by atoms with van der Waals surface area (Å²) < 4.78 is 4.41. The predicted octanol–water partition coefficient (Wildman–Crippen LogP) is 9.97. The van der Waals surface area contributed by atoms with Gasteiger partial charge in [0, 0.05) is 27.4 Å². The average molecular weight is 578 g/mol. The number of carbonyl (C=O) groups is 1. The topological polar surface area (TPSA) is 39.8 Å². The summed E-state index contributed by atoms with van der Waals surface area (Å²) >= 11 is 0. The number of imidazole rings is 1. The Labute approximate surface area is 259 Å². The van der Waals surface area contributed by atoms with Crippen molar-refractivity contribution in [2.24, 2.45) is 0 Å². The Hall–Kier alpha value is -6.00. The normalized spacial score (nSPS) is 11.7. The first-order chi connectivity index (χ1) is 22.3. The van der Waals surface area contributed by atoms with E-state index in [-0.39, 0.29) is 0 Å². The van der Waals surface area contributed by atoms with Gasteiger partial charge in [0.05, 0.1) is 28.6 Å². The molecule has 0 spiro atoms. The number of hydrogen-bond acceptors (Lipinski definition) is 2. The van der Waals surface area contributed by atoms with Gasteiger partial charge in [0.15, 0.2) is 0 Å². The molecular formula is C41H27N3O. The van der Waals surface area contributed by atoms with Crippen LogP contribution in [0.3, 0.4) is 0 Å². The number of fused-ring (bicyclic) bond motifs is 8. The standard InChI is InChI=1S/C41H27N3O/c45-25-24-43-38-23-22-27-10-4-5-13-31(27)39(38)35-26-34(32-14-6-7-15-33(32)40(35)43)28-18-20-29(21-19-28)41-42-36-16-8-9-17-37(36)44(41)30-11-2-1-3-12-30/h1-23,25-26H,24H2. The van der Waals surface area contributed by atoms with E-state index in [1.807, 2.05) is 12.1 Å². The SMILES string of the molecule is O=CCn1c2ccc3ccccc3c2c2cc(-c3ccc(-c4nc5ccccc5n4-c4ccccc4)cc3)c3ccccc3c21. The molecule has 9 rings (SSSR count). The Bertz CT molecular complexity index is 2570. The second-order valence-electron chi connectivity index (χ2n) is 11.5. The van der Waals surface area contributed by atoms with Gasteiger partial charge in [-0.05, 0) is 63.7 Å². The van der Waals surface area contributed by atoms with E-state index in [1.54, 1.807) is 0 Å². The number of nitrogens with zero attached hydrogens (tertiary/aromatic N) is 3. The Morgan fingerprint density at radius 1 is 0.578 bits per heavy atom. The fraction of sp³-hybridized carbons (Fsp3) is 0.0244. The van der Waals surface area contributed by atoms with Gasteiger partial charge in [-0.15, -0.1) is 0 Å². The quantitative estimate of drug-likeness (QED) is 0.191. The first-order valence-electron chi connectivity index (χ1n) is 15.2. The van der Waals surface area contributed by atoms with Gasteiger partial charge in [-0.25, -0.2) is 4.98 Å². The van der Waals surface area contributed by atoms with E-state index in [0.29, 0.717) is 6.54 Å². The monoisotopic (exact) mass is 577 g/mol.